The summed E-state index contributed by atoms with van der Waals surface area (Å²) in [7, 11) is 0. The van der Waals surface area contributed by atoms with Crippen LogP contribution in [0, 0.1) is 11.8 Å². The van der Waals surface area contributed by atoms with E-state index >= 15 is 0 Å². The van der Waals surface area contributed by atoms with Crippen LogP contribution in [0.15, 0.2) is 24.1 Å². The molecule has 2 atom stereocenters. The van der Waals surface area contributed by atoms with Crippen LogP contribution in [0.3, 0.4) is 0 Å². The predicted octanol–water partition coefficient (Wildman–Crippen LogP) is 3.85. The van der Waals surface area contributed by atoms with E-state index in [9.17, 15) is 4.39 Å². The van der Waals surface area contributed by atoms with E-state index in [2.05, 4.69) is 20.4 Å². The maximum Gasteiger partial charge on any atom is 0.116 e. The van der Waals surface area contributed by atoms with Crippen LogP contribution in [0.2, 0.25) is 0 Å². The minimum atomic E-state index is -0.294. The van der Waals surface area contributed by atoms with E-state index in [0.29, 0.717) is 11.8 Å². The maximum absolute atomic E-state index is 12.6. The lowest BCUT2D eigenvalue weighted by molar-refractivity contribution is 0.600. The van der Waals surface area contributed by atoms with Gasteiger partial charge in [-0.2, -0.15) is 0 Å². The molecule has 68 valence electrons. The zero-order valence-corrected chi connectivity index (χ0v) is 7.94. The second kappa shape index (κ2) is 3.88. The van der Waals surface area contributed by atoms with Crippen molar-refractivity contribution in [3.63, 3.8) is 0 Å². The van der Waals surface area contributed by atoms with E-state index in [-0.39, 0.29) is 5.83 Å². The summed E-state index contributed by atoms with van der Waals surface area (Å²) in [4.78, 5) is 0. The topological polar surface area (TPSA) is 0 Å². The molecule has 12 heavy (non-hydrogen) atoms. The van der Waals surface area contributed by atoms with Gasteiger partial charge in [-0.05, 0) is 37.2 Å². The van der Waals surface area contributed by atoms with Crippen molar-refractivity contribution in [3.05, 3.63) is 24.1 Å². The molecule has 0 amide bonds. The van der Waals surface area contributed by atoms with Crippen LogP contribution in [-0.2, 0) is 0 Å². The summed E-state index contributed by atoms with van der Waals surface area (Å²) < 4.78 is 12.6. The van der Waals surface area contributed by atoms with Gasteiger partial charge in [0.1, 0.15) is 5.83 Å². The van der Waals surface area contributed by atoms with Gasteiger partial charge in [0.15, 0.2) is 0 Å². The second-order valence-electron chi connectivity index (χ2n) is 3.67. The van der Waals surface area contributed by atoms with Gasteiger partial charge in [-0.3, -0.25) is 0 Å². The molecule has 0 aliphatic heterocycles. The van der Waals surface area contributed by atoms with E-state index in [4.69, 9.17) is 0 Å². The molecule has 1 fully saturated rings. The first-order chi connectivity index (χ1) is 5.65. The molecule has 0 unspecified atom stereocenters. The molecular weight excluding hydrogens is 151 g/mol. The van der Waals surface area contributed by atoms with Crippen molar-refractivity contribution in [3.8, 4) is 0 Å². The summed E-state index contributed by atoms with van der Waals surface area (Å²) >= 11 is 0. The number of halogens is 1. The summed E-state index contributed by atoms with van der Waals surface area (Å²) in [5.41, 5.74) is 1.27. The van der Waals surface area contributed by atoms with Crippen molar-refractivity contribution < 1.29 is 4.39 Å². The minimum absolute atomic E-state index is 0.294. The highest BCUT2D eigenvalue weighted by Crippen LogP contribution is 2.38. The third-order valence-electron chi connectivity index (χ3n) is 2.80. The van der Waals surface area contributed by atoms with Gasteiger partial charge in [0.25, 0.3) is 0 Å². The Morgan fingerprint density at radius 1 is 1.67 bits per heavy atom. The number of hydrogen-bond donors (Lipinski definition) is 0. The summed E-state index contributed by atoms with van der Waals surface area (Å²) in [6.07, 6.45) is 5.18. The molecular formula is C11H17F. The van der Waals surface area contributed by atoms with Gasteiger partial charge in [0, 0.05) is 0 Å². The Labute approximate surface area is 74.2 Å². The van der Waals surface area contributed by atoms with Crippen LogP contribution in [-0.4, -0.2) is 0 Å². The average molecular weight is 168 g/mol. The highest BCUT2D eigenvalue weighted by atomic mass is 19.1. The first-order valence-corrected chi connectivity index (χ1v) is 4.71. The lowest BCUT2D eigenvalue weighted by Gasteiger charge is -2.11. The van der Waals surface area contributed by atoms with Crippen LogP contribution in [0.5, 0.6) is 0 Å². The van der Waals surface area contributed by atoms with E-state index < -0.39 is 0 Å². The molecule has 0 aromatic carbocycles. The molecule has 0 heterocycles. The second-order valence-corrected chi connectivity index (χ2v) is 3.67. The standard InChI is InChI=1S/C11H17F/c1-4-10-6-5-8(2)11(10)7-9(3)12/h7-8,10H,3-6H2,1-2H3/b11-7+/t8-,10-/m1/s1. The maximum atomic E-state index is 12.6. The van der Waals surface area contributed by atoms with Crippen molar-refractivity contribution in [1.82, 2.24) is 0 Å². The Bertz CT molecular complexity index is 203. The molecule has 0 aromatic heterocycles. The molecule has 0 aromatic rings. The fourth-order valence-electron chi connectivity index (χ4n) is 2.07. The SMILES string of the molecule is C=C(F)/C=C1/[C@H](CC)CC[C@H]1C. The lowest BCUT2D eigenvalue weighted by Crippen LogP contribution is -1.98. The summed E-state index contributed by atoms with van der Waals surface area (Å²) in [6.45, 7) is 7.61. The van der Waals surface area contributed by atoms with Crippen LogP contribution < -0.4 is 0 Å². The van der Waals surface area contributed by atoms with Crippen molar-refractivity contribution in [2.75, 3.05) is 0 Å². The fourth-order valence-corrected chi connectivity index (χ4v) is 2.07. The van der Waals surface area contributed by atoms with Crippen molar-refractivity contribution >= 4 is 0 Å². The van der Waals surface area contributed by atoms with Gasteiger partial charge in [-0.1, -0.05) is 26.0 Å². The minimum Gasteiger partial charge on any atom is -0.208 e. The van der Waals surface area contributed by atoms with Crippen molar-refractivity contribution in [2.24, 2.45) is 11.8 Å². The number of hydrogen-bond acceptors (Lipinski definition) is 0. The Balaban J connectivity index is 2.76. The van der Waals surface area contributed by atoms with Gasteiger partial charge in [-0.15, -0.1) is 0 Å². The Kier molecular flexibility index (Phi) is 3.07. The van der Waals surface area contributed by atoms with Gasteiger partial charge in [0.05, 0.1) is 0 Å². The van der Waals surface area contributed by atoms with Crippen LogP contribution in [0.25, 0.3) is 0 Å². The Morgan fingerprint density at radius 3 is 2.83 bits per heavy atom. The largest absolute Gasteiger partial charge is 0.208 e. The first-order valence-electron chi connectivity index (χ1n) is 4.71. The summed E-state index contributed by atoms with van der Waals surface area (Å²) in [5, 5.41) is 0. The predicted molar refractivity (Wildman–Crippen MR) is 50.5 cm³/mol. The molecule has 1 aliphatic rings. The van der Waals surface area contributed by atoms with Crippen LogP contribution >= 0.6 is 0 Å². The lowest BCUT2D eigenvalue weighted by atomic mass is 9.95. The molecule has 0 spiro atoms. The van der Waals surface area contributed by atoms with Crippen molar-refractivity contribution in [1.29, 1.82) is 0 Å². The fraction of sp³-hybridized carbons (Fsp3) is 0.636. The third kappa shape index (κ3) is 1.96. The van der Waals surface area contributed by atoms with Crippen LogP contribution in [0.1, 0.15) is 33.1 Å². The highest BCUT2D eigenvalue weighted by Gasteiger charge is 2.25. The van der Waals surface area contributed by atoms with E-state index in [1.807, 2.05) is 0 Å². The quantitative estimate of drug-likeness (QED) is 0.587. The third-order valence-corrected chi connectivity index (χ3v) is 2.80. The number of allylic oxidation sites excluding steroid dienone is 3. The molecule has 0 N–H and O–H groups in total. The first kappa shape index (κ1) is 9.50. The van der Waals surface area contributed by atoms with E-state index in [0.717, 1.165) is 6.42 Å². The Morgan fingerprint density at radius 2 is 2.33 bits per heavy atom. The van der Waals surface area contributed by atoms with E-state index in [1.165, 1.54) is 18.4 Å². The molecule has 0 radical (unpaired) electrons. The molecule has 1 saturated carbocycles. The monoisotopic (exact) mass is 168 g/mol. The zero-order valence-electron chi connectivity index (χ0n) is 7.94. The molecule has 1 aliphatic carbocycles. The molecule has 1 heteroatoms. The van der Waals surface area contributed by atoms with E-state index in [1.54, 1.807) is 6.08 Å². The number of rotatable bonds is 2. The van der Waals surface area contributed by atoms with Crippen LogP contribution in [0.4, 0.5) is 4.39 Å². The summed E-state index contributed by atoms with van der Waals surface area (Å²) in [5.74, 6) is 0.868. The Hall–Kier alpha value is -0.590. The average Bonchev–Trinajstić information content (AvgIpc) is 2.32. The highest BCUT2D eigenvalue weighted by molar-refractivity contribution is 5.22. The molecule has 0 nitrogen and oxygen atoms in total. The van der Waals surface area contributed by atoms with Gasteiger partial charge < -0.3 is 0 Å². The van der Waals surface area contributed by atoms with Gasteiger partial charge in [0.2, 0.25) is 0 Å². The van der Waals surface area contributed by atoms with Gasteiger partial charge in [-0.25, -0.2) is 4.39 Å². The molecule has 0 bridgehead atoms. The zero-order chi connectivity index (χ0) is 9.14. The normalized spacial score (nSPS) is 32.8. The molecule has 1 rings (SSSR count). The van der Waals surface area contributed by atoms with Crippen molar-refractivity contribution in [2.45, 2.75) is 33.1 Å². The summed E-state index contributed by atoms with van der Waals surface area (Å²) in [6, 6.07) is 0. The van der Waals surface area contributed by atoms with Gasteiger partial charge >= 0.3 is 0 Å². The smallest absolute Gasteiger partial charge is 0.116 e. The molecule has 0 saturated heterocycles.